The Kier molecular flexibility index (Phi) is 13.0. The summed E-state index contributed by atoms with van der Waals surface area (Å²) in [6.07, 6.45) is -14.2. The molecule has 18 heteroatoms. The van der Waals surface area contributed by atoms with Crippen LogP contribution in [0.4, 0.5) is 22.7 Å². The number of hydrogen-bond donors (Lipinski definition) is 10. The zero-order valence-electron chi connectivity index (χ0n) is 29.3. The van der Waals surface area contributed by atoms with Crippen LogP contribution in [0.15, 0.2) is 107 Å². The number of ether oxygens (including phenoxy) is 4. The Balaban J connectivity index is 0.963. The molecule has 0 bridgehead atoms. The summed E-state index contributed by atoms with van der Waals surface area (Å²) in [5.74, 6) is -0.313. The molecule has 10 N–H and O–H groups in total. The molecule has 2 heterocycles. The number of nitrogens with zero attached hydrogens (tertiary/aromatic N) is 2. The number of azo groups is 1. The maximum atomic E-state index is 12.8. The van der Waals surface area contributed by atoms with Gasteiger partial charge in [0.15, 0.2) is 0 Å². The molecule has 4 aromatic rings. The normalized spacial score (nSPS) is 27.7. The maximum Gasteiger partial charge on any atom is 0.255 e. The molecule has 4 aromatic carbocycles. The van der Waals surface area contributed by atoms with Crippen LogP contribution in [-0.4, -0.2) is 127 Å². The van der Waals surface area contributed by atoms with Crippen LogP contribution in [0.25, 0.3) is 0 Å². The van der Waals surface area contributed by atoms with E-state index in [0.717, 1.165) is 0 Å². The summed E-state index contributed by atoms with van der Waals surface area (Å²) in [7, 11) is 0. The van der Waals surface area contributed by atoms with Crippen molar-refractivity contribution in [2.45, 2.75) is 61.4 Å². The van der Waals surface area contributed by atoms with Gasteiger partial charge in [-0.2, -0.15) is 10.2 Å². The number of hydrogen-bond acceptors (Lipinski definition) is 16. The average Bonchev–Trinajstić information content (AvgIpc) is 3.22. The first-order valence-electron chi connectivity index (χ1n) is 17.3. The van der Waals surface area contributed by atoms with Crippen LogP contribution < -0.4 is 20.1 Å². The Morgan fingerprint density at radius 2 is 0.839 bits per heavy atom. The average molecular weight is 777 g/mol. The van der Waals surface area contributed by atoms with Gasteiger partial charge in [0.1, 0.15) is 60.3 Å². The van der Waals surface area contributed by atoms with Crippen LogP contribution in [-0.2, 0) is 9.47 Å². The molecule has 6 rings (SSSR count). The van der Waals surface area contributed by atoms with Crippen molar-refractivity contribution < 1.29 is 69.4 Å². The minimum atomic E-state index is -1.58. The van der Waals surface area contributed by atoms with Gasteiger partial charge >= 0.3 is 0 Å². The lowest BCUT2D eigenvalue weighted by Crippen LogP contribution is -2.60. The summed E-state index contributed by atoms with van der Waals surface area (Å²) in [5, 5.41) is 92.7. The molecule has 0 aromatic heterocycles. The second-order valence-corrected chi connectivity index (χ2v) is 12.9. The summed E-state index contributed by atoms with van der Waals surface area (Å²) in [4.78, 5) is 25.7. The standard InChI is InChI=1S/C38H40N4O14/c43-17-27-29(45)31(47)33(49)37(55-27)53-25-13-9-21(10-14-25)39-35(51)19-1-5-23(6-2-19)41-42-24-7-3-20(4-8-24)36(52)40-22-11-15-26(16-12-22)54-38-34(50)32(48)30(46)28(18-44)56-38/h1-16,27-34,37-38,43-50H,17-18H2,(H,39,51)(H,40,52)/t27?,28?,29-,30+,31-,32?,33?,34-,37+,38-/m0/s1. The van der Waals surface area contributed by atoms with E-state index in [1.807, 2.05) is 0 Å². The van der Waals surface area contributed by atoms with E-state index < -0.39 is 86.4 Å². The van der Waals surface area contributed by atoms with Gasteiger partial charge in [0, 0.05) is 22.5 Å². The third kappa shape index (κ3) is 9.52. The molecule has 56 heavy (non-hydrogen) atoms. The zero-order valence-corrected chi connectivity index (χ0v) is 29.3. The molecule has 2 aliphatic heterocycles. The third-order valence-electron chi connectivity index (χ3n) is 8.97. The molecule has 2 aliphatic rings. The van der Waals surface area contributed by atoms with Crippen LogP contribution in [0.2, 0.25) is 0 Å². The molecule has 0 saturated carbocycles. The monoisotopic (exact) mass is 776 g/mol. The van der Waals surface area contributed by atoms with Crippen molar-refractivity contribution in [3.63, 3.8) is 0 Å². The molecular formula is C38H40N4O14. The Morgan fingerprint density at radius 3 is 1.16 bits per heavy atom. The van der Waals surface area contributed by atoms with Crippen LogP contribution in [0.5, 0.6) is 11.5 Å². The summed E-state index contributed by atoms with van der Waals surface area (Å²) in [5.41, 5.74) is 2.51. The lowest BCUT2D eigenvalue weighted by molar-refractivity contribution is -0.277. The van der Waals surface area contributed by atoms with Crippen molar-refractivity contribution >= 4 is 34.6 Å². The molecule has 2 saturated heterocycles. The fraction of sp³-hybridized carbons (Fsp3) is 0.316. The molecule has 296 valence electrons. The topological polar surface area (TPSA) is 282 Å². The molecule has 2 amide bonds. The second kappa shape index (κ2) is 18.0. The lowest BCUT2D eigenvalue weighted by atomic mass is 9.99. The van der Waals surface area contributed by atoms with Crippen molar-refractivity contribution in [2.24, 2.45) is 10.2 Å². The fourth-order valence-electron chi connectivity index (χ4n) is 5.71. The molecule has 2 fully saturated rings. The Morgan fingerprint density at radius 1 is 0.500 bits per heavy atom. The predicted molar refractivity (Wildman–Crippen MR) is 195 cm³/mol. The van der Waals surface area contributed by atoms with Crippen LogP contribution in [0, 0.1) is 0 Å². The highest BCUT2D eigenvalue weighted by Crippen LogP contribution is 2.28. The highest BCUT2D eigenvalue weighted by molar-refractivity contribution is 6.05. The number of anilines is 2. The summed E-state index contributed by atoms with van der Waals surface area (Å²) >= 11 is 0. The number of rotatable bonds is 12. The van der Waals surface area contributed by atoms with E-state index in [-0.39, 0.29) is 11.5 Å². The quantitative estimate of drug-likeness (QED) is 0.0898. The van der Waals surface area contributed by atoms with E-state index in [1.165, 1.54) is 24.3 Å². The summed E-state index contributed by atoms with van der Waals surface area (Å²) in [6.45, 7) is -1.17. The second-order valence-electron chi connectivity index (χ2n) is 12.9. The molecule has 18 nitrogen and oxygen atoms in total. The van der Waals surface area contributed by atoms with E-state index in [2.05, 4.69) is 20.9 Å². The lowest BCUT2D eigenvalue weighted by Gasteiger charge is -2.39. The molecule has 4 unspecified atom stereocenters. The number of benzene rings is 4. The smallest absolute Gasteiger partial charge is 0.255 e. The first-order valence-corrected chi connectivity index (χ1v) is 17.3. The third-order valence-corrected chi connectivity index (χ3v) is 8.97. The number of carbonyl (C=O) groups is 2. The van der Waals surface area contributed by atoms with Gasteiger partial charge in [-0.15, -0.1) is 0 Å². The van der Waals surface area contributed by atoms with E-state index >= 15 is 0 Å². The van der Waals surface area contributed by atoms with Gasteiger partial charge in [0.2, 0.25) is 12.6 Å². The minimum Gasteiger partial charge on any atom is -0.462 e. The molecule has 0 radical (unpaired) electrons. The van der Waals surface area contributed by atoms with Gasteiger partial charge < -0.3 is 70.4 Å². The number of aliphatic hydroxyl groups excluding tert-OH is 8. The minimum absolute atomic E-state index is 0.244. The van der Waals surface area contributed by atoms with E-state index in [9.17, 15) is 50.4 Å². The van der Waals surface area contributed by atoms with Crippen LogP contribution in [0.3, 0.4) is 0 Å². The first kappa shape index (κ1) is 40.3. The Labute approximate surface area is 318 Å². The van der Waals surface area contributed by atoms with Gasteiger partial charge in [-0.1, -0.05) is 0 Å². The van der Waals surface area contributed by atoms with E-state index in [0.29, 0.717) is 33.9 Å². The highest BCUT2D eigenvalue weighted by Gasteiger charge is 2.45. The van der Waals surface area contributed by atoms with Crippen molar-refractivity contribution in [1.82, 2.24) is 0 Å². The Bertz CT molecular complexity index is 1800. The molecule has 0 aliphatic carbocycles. The Hall–Kier alpha value is -5.38. The van der Waals surface area contributed by atoms with Gasteiger partial charge in [-0.3, -0.25) is 9.59 Å². The number of aliphatic hydroxyl groups is 8. The van der Waals surface area contributed by atoms with Crippen LogP contribution in [0.1, 0.15) is 20.7 Å². The summed E-state index contributed by atoms with van der Waals surface area (Å²) in [6, 6.07) is 25.0. The molecule has 10 atom stereocenters. The van der Waals surface area contributed by atoms with Gasteiger partial charge in [-0.05, 0) is 97.1 Å². The number of carbonyl (C=O) groups excluding carboxylic acids is 2. The SMILES string of the molecule is O=C(Nc1ccc(O[C@@H]2OC(CO)[C@H](O)[C@H](O)C2O)cc1)c1ccc(N=Nc2ccc(C(=O)Nc3ccc(O[C@H]4OC(CO)[C@@H](O)C(O)[C@@H]4O)cc3)cc2)cc1. The summed E-state index contributed by atoms with van der Waals surface area (Å²) < 4.78 is 21.8. The van der Waals surface area contributed by atoms with Crippen molar-refractivity contribution in [2.75, 3.05) is 23.8 Å². The first-order chi connectivity index (χ1) is 26.9. The van der Waals surface area contributed by atoms with Crippen molar-refractivity contribution in [1.29, 1.82) is 0 Å². The van der Waals surface area contributed by atoms with E-state index in [4.69, 9.17) is 18.9 Å². The van der Waals surface area contributed by atoms with Gasteiger partial charge in [0.05, 0.1) is 24.6 Å². The zero-order chi connectivity index (χ0) is 39.9. The maximum absolute atomic E-state index is 12.8. The molecule has 0 spiro atoms. The van der Waals surface area contributed by atoms with Crippen LogP contribution >= 0.6 is 0 Å². The van der Waals surface area contributed by atoms with Crippen molar-refractivity contribution in [3.05, 3.63) is 108 Å². The fourth-order valence-corrected chi connectivity index (χ4v) is 5.71. The number of amides is 2. The van der Waals surface area contributed by atoms with Gasteiger partial charge in [-0.25, -0.2) is 0 Å². The van der Waals surface area contributed by atoms with Gasteiger partial charge in [0.25, 0.3) is 11.8 Å². The van der Waals surface area contributed by atoms with E-state index in [1.54, 1.807) is 72.8 Å². The van der Waals surface area contributed by atoms with Crippen molar-refractivity contribution in [3.8, 4) is 11.5 Å². The predicted octanol–water partition coefficient (Wildman–Crippen LogP) is 0.964. The molecular weight excluding hydrogens is 736 g/mol. The number of nitrogens with one attached hydrogen (secondary N) is 2. The highest BCUT2D eigenvalue weighted by atomic mass is 16.7. The largest absolute Gasteiger partial charge is 0.462 e.